The molecular formula is C18H31NO2. The second-order valence-electron chi connectivity index (χ2n) is 6.72. The lowest BCUT2D eigenvalue weighted by Gasteiger charge is -2.25. The van der Waals surface area contributed by atoms with Gasteiger partial charge in [-0.2, -0.15) is 0 Å². The fraction of sp³-hybridized carbons (Fsp3) is 0.667. The molecule has 0 radical (unpaired) electrons. The molecule has 3 heteroatoms. The first-order chi connectivity index (χ1) is 9.80. The van der Waals surface area contributed by atoms with Crippen LogP contribution in [0.4, 0.5) is 0 Å². The Morgan fingerprint density at radius 2 is 1.71 bits per heavy atom. The maximum atomic E-state index is 10.2. The normalized spacial score (nSPS) is 14.8. The lowest BCUT2D eigenvalue weighted by Crippen LogP contribution is -2.43. The first kappa shape index (κ1) is 18.0. The molecule has 0 bridgehead atoms. The summed E-state index contributed by atoms with van der Waals surface area (Å²) in [7, 11) is 0. The summed E-state index contributed by atoms with van der Waals surface area (Å²) < 4.78 is 5.71. The highest BCUT2D eigenvalue weighted by atomic mass is 16.5. The third-order valence-corrected chi connectivity index (χ3v) is 4.00. The highest BCUT2D eigenvalue weighted by molar-refractivity contribution is 5.31. The quantitative estimate of drug-likeness (QED) is 0.685. The van der Waals surface area contributed by atoms with Crippen molar-refractivity contribution in [2.45, 2.75) is 58.5 Å². The lowest BCUT2D eigenvalue weighted by molar-refractivity contribution is 0.0125. The average molecular weight is 293 g/mol. The van der Waals surface area contributed by atoms with Gasteiger partial charge in [0, 0.05) is 6.54 Å². The van der Waals surface area contributed by atoms with Gasteiger partial charge in [-0.3, -0.25) is 0 Å². The van der Waals surface area contributed by atoms with Crippen LogP contribution in [0.15, 0.2) is 24.3 Å². The van der Waals surface area contributed by atoms with E-state index in [4.69, 9.17) is 4.74 Å². The van der Waals surface area contributed by atoms with Gasteiger partial charge in [0.2, 0.25) is 0 Å². The third-order valence-electron chi connectivity index (χ3n) is 4.00. The fourth-order valence-corrected chi connectivity index (χ4v) is 2.03. The molecule has 1 atom stereocenters. The van der Waals surface area contributed by atoms with Crippen molar-refractivity contribution in [3.63, 3.8) is 0 Å². The van der Waals surface area contributed by atoms with Crippen molar-refractivity contribution in [1.29, 1.82) is 0 Å². The number of ether oxygens (including phenoxy) is 1. The van der Waals surface area contributed by atoms with Crippen LogP contribution in [-0.2, 0) is 5.41 Å². The van der Waals surface area contributed by atoms with Crippen LogP contribution < -0.4 is 10.1 Å². The van der Waals surface area contributed by atoms with Gasteiger partial charge in [0.15, 0.2) is 0 Å². The summed E-state index contributed by atoms with van der Waals surface area (Å²) in [6.07, 6.45) is 2.16. The smallest absolute Gasteiger partial charge is 0.119 e. The van der Waals surface area contributed by atoms with E-state index in [0.29, 0.717) is 13.2 Å². The van der Waals surface area contributed by atoms with Crippen LogP contribution in [-0.4, -0.2) is 30.4 Å². The Bertz CT molecular complexity index is 410. The zero-order chi connectivity index (χ0) is 15.9. The van der Waals surface area contributed by atoms with E-state index in [9.17, 15) is 5.11 Å². The molecule has 0 fully saturated rings. The van der Waals surface area contributed by atoms with Gasteiger partial charge in [-0.15, -0.1) is 0 Å². The third kappa shape index (κ3) is 6.06. The highest BCUT2D eigenvalue weighted by Crippen LogP contribution is 2.28. The van der Waals surface area contributed by atoms with Crippen molar-refractivity contribution in [2.24, 2.45) is 0 Å². The molecule has 2 N–H and O–H groups in total. The SMILES string of the molecule is CCCNCC(C)(O)COc1ccc(C(C)(C)CC)cc1. The Kier molecular flexibility index (Phi) is 6.69. The molecule has 0 amide bonds. The van der Waals surface area contributed by atoms with Gasteiger partial charge in [-0.25, -0.2) is 0 Å². The van der Waals surface area contributed by atoms with Crippen molar-refractivity contribution >= 4 is 0 Å². The molecule has 1 aromatic rings. The van der Waals surface area contributed by atoms with E-state index in [1.165, 1.54) is 5.56 Å². The molecule has 0 aliphatic rings. The van der Waals surface area contributed by atoms with E-state index in [0.717, 1.165) is 25.1 Å². The molecular weight excluding hydrogens is 262 g/mol. The molecule has 120 valence electrons. The van der Waals surface area contributed by atoms with E-state index >= 15 is 0 Å². The van der Waals surface area contributed by atoms with E-state index in [1.807, 2.05) is 12.1 Å². The fourth-order valence-electron chi connectivity index (χ4n) is 2.03. The second-order valence-corrected chi connectivity index (χ2v) is 6.72. The van der Waals surface area contributed by atoms with Crippen molar-refractivity contribution in [2.75, 3.05) is 19.7 Å². The van der Waals surface area contributed by atoms with Crippen LogP contribution in [0.5, 0.6) is 5.75 Å². The van der Waals surface area contributed by atoms with Crippen molar-refractivity contribution in [1.82, 2.24) is 5.32 Å². The standard InChI is InChI=1S/C18H31NO2/c1-6-12-19-13-18(5,20)14-21-16-10-8-15(9-11-16)17(3,4)7-2/h8-11,19-20H,6-7,12-14H2,1-5H3. The van der Waals surface area contributed by atoms with Gasteiger partial charge >= 0.3 is 0 Å². The minimum Gasteiger partial charge on any atom is -0.491 e. The predicted molar refractivity (Wildman–Crippen MR) is 89.0 cm³/mol. The number of aliphatic hydroxyl groups is 1. The van der Waals surface area contributed by atoms with E-state index in [1.54, 1.807) is 6.92 Å². The molecule has 1 aromatic carbocycles. The number of hydrogen-bond donors (Lipinski definition) is 2. The molecule has 0 saturated carbocycles. The van der Waals surface area contributed by atoms with Crippen LogP contribution in [0.1, 0.15) is 53.0 Å². The zero-order valence-corrected chi connectivity index (χ0v) is 14.2. The van der Waals surface area contributed by atoms with Gasteiger partial charge in [0.05, 0.1) is 0 Å². The minimum absolute atomic E-state index is 0.189. The van der Waals surface area contributed by atoms with Crippen LogP contribution in [0.25, 0.3) is 0 Å². The van der Waals surface area contributed by atoms with Gasteiger partial charge < -0.3 is 15.2 Å². The maximum Gasteiger partial charge on any atom is 0.119 e. The number of nitrogens with one attached hydrogen (secondary N) is 1. The first-order valence-corrected chi connectivity index (χ1v) is 7.97. The molecule has 0 saturated heterocycles. The number of rotatable bonds is 9. The zero-order valence-electron chi connectivity index (χ0n) is 14.2. The molecule has 21 heavy (non-hydrogen) atoms. The lowest BCUT2D eigenvalue weighted by atomic mass is 9.82. The Hall–Kier alpha value is -1.06. The Morgan fingerprint density at radius 3 is 2.24 bits per heavy atom. The van der Waals surface area contributed by atoms with Crippen LogP contribution in [0.3, 0.4) is 0 Å². The molecule has 0 heterocycles. The highest BCUT2D eigenvalue weighted by Gasteiger charge is 2.21. The molecule has 0 aromatic heterocycles. The summed E-state index contributed by atoms with van der Waals surface area (Å²) in [4.78, 5) is 0. The van der Waals surface area contributed by atoms with Gasteiger partial charge in [-0.05, 0) is 49.4 Å². The topological polar surface area (TPSA) is 41.5 Å². The molecule has 1 unspecified atom stereocenters. The molecule has 0 aliphatic heterocycles. The van der Waals surface area contributed by atoms with Gasteiger partial charge in [0.25, 0.3) is 0 Å². The summed E-state index contributed by atoms with van der Waals surface area (Å²) >= 11 is 0. The summed E-state index contributed by atoms with van der Waals surface area (Å²) in [5.41, 5.74) is 0.652. The minimum atomic E-state index is -0.851. The number of benzene rings is 1. The monoisotopic (exact) mass is 293 g/mol. The first-order valence-electron chi connectivity index (χ1n) is 7.97. The van der Waals surface area contributed by atoms with Crippen LogP contribution in [0, 0.1) is 0 Å². The molecule has 3 nitrogen and oxygen atoms in total. The van der Waals surface area contributed by atoms with Gasteiger partial charge in [0.1, 0.15) is 18.0 Å². The van der Waals surface area contributed by atoms with Crippen molar-refractivity contribution < 1.29 is 9.84 Å². The number of hydrogen-bond acceptors (Lipinski definition) is 3. The van der Waals surface area contributed by atoms with E-state index in [2.05, 4.69) is 45.1 Å². The van der Waals surface area contributed by atoms with E-state index in [-0.39, 0.29) is 5.41 Å². The molecule has 0 aliphatic carbocycles. The summed E-state index contributed by atoms with van der Waals surface area (Å²) in [5, 5.41) is 13.5. The van der Waals surface area contributed by atoms with Gasteiger partial charge in [-0.1, -0.05) is 39.8 Å². The summed E-state index contributed by atoms with van der Waals surface area (Å²) in [6.45, 7) is 12.3. The molecule has 1 rings (SSSR count). The van der Waals surface area contributed by atoms with Crippen molar-refractivity contribution in [3.8, 4) is 5.75 Å². The largest absolute Gasteiger partial charge is 0.491 e. The summed E-state index contributed by atoms with van der Waals surface area (Å²) in [5.74, 6) is 0.807. The Balaban J connectivity index is 2.52. The molecule has 0 spiro atoms. The average Bonchev–Trinajstić information content (AvgIpc) is 2.46. The van der Waals surface area contributed by atoms with Crippen molar-refractivity contribution in [3.05, 3.63) is 29.8 Å². The van der Waals surface area contributed by atoms with E-state index < -0.39 is 5.60 Å². The second kappa shape index (κ2) is 7.81. The summed E-state index contributed by atoms with van der Waals surface area (Å²) in [6, 6.07) is 8.20. The predicted octanol–water partition coefficient (Wildman–Crippen LogP) is 3.50. The van der Waals surface area contributed by atoms with Crippen LogP contribution in [0.2, 0.25) is 0 Å². The Labute approximate surface area is 129 Å². The van der Waals surface area contributed by atoms with Crippen LogP contribution >= 0.6 is 0 Å². The maximum absolute atomic E-state index is 10.2. The Morgan fingerprint density at radius 1 is 1.10 bits per heavy atom.